The van der Waals surface area contributed by atoms with Crippen LogP contribution in [0.25, 0.3) is 0 Å². The van der Waals surface area contributed by atoms with E-state index in [-0.39, 0.29) is 17.8 Å². The number of carboxylic acids is 1. The van der Waals surface area contributed by atoms with Crippen LogP contribution >= 0.6 is 0 Å². The number of unbranched alkanes of at least 4 members (excludes halogenated alkanes) is 1. The quantitative estimate of drug-likeness (QED) is 0.631. The maximum atomic E-state index is 13.2. The molecule has 134 valence electrons. The fraction of sp³-hybridized carbons (Fsp3) is 0.947. The van der Waals surface area contributed by atoms with Crippen molar-refractivity contribution in [1.29, 1.82) is 0 Å². The summed E-state index contributed by atoms with van der Waals surface area (Å²) in [5.41, 5.74) is -0.296. The Morgan fingerprint density at radius 2 is 1.74 bits per heavy atom. The van der Waals surface area contributed by atoms with Gasteiger partial charge in [0.15, 0.2) is 0 Å². The molecule has 0 aromatic heterocycles. The SMILES string of the molecule is CCCCC1CCC(C2(CC(F)F)CCC(C(=O)O)CC2)CC1. The van der Waals surface area contributed by atoms with E-state index in [1.165, 1.54) is 32.1 Å². The minimum atomic E-state index is -2.27. The summed E-state index contributed by atoms with van der Waals surface area (Å²) < 4.78 is 26.4. The van der Waals surface area contributed by atoms with Gasteiger partial charge in [-0.05, 0) is 55.8 Å². The first-order chi connectivity index (χ1) is 11.0. The highest BCUT2D eigenvalue weighted by Crippen LogP contribution is 2.53. The van der Waals surface area contributed by atoms with Crippen LogP contribution in [0, 0.1) is 23.2 Å². The normalized spacial score (nSPS) is 35.4. The van der Waals surface area contributed by atoms with Crippen LogP contribution in [0.4, 0.5) is 8.78 Å². The molecule has 23 heavy (non-hydrogen) atoms. The Kier molecular flexibility index (Phi) is 6.84. The first kappa shape index (κ1) is 18.7. The van der Waals surface area contributed by atoms with Crippen molar-refractivity contribution in [3.05, 3.63) is 0 Å². The van der Waals surface area contributed by atoms with Gasteiger partial charge in [0.05, 0.1) is 5.92 Å². The van der Waals surface area contributed by atoms with Gasteiger partial charge >= 0.3 is 5.97 Å². The number of hydrogen-bond donors (Lipinski definition) is 1. The summed E-state index contributed by atoms with van der Waals surface area (Å²) in [5, 5.41) is 9.17. The molecule has 0 amide bonds. The highest BCUT2D eigenvalue weighted by Gasteiger charge is 2.45. The lowest BCUT2D eigenvalue weighted by Crippen LogP contribution is -2.40. The minimum Gasteiger partial charge on any atom is -0.481 e. The molecule has 1 N–H and O–H groups in total. The molecule has 2 rings (SSSR count). The average molecular weight is 330 g/mol. The molecule has 0 aromatic carbocycles. The van der Waals surface area contributed by atoms with Gasteiger partial charge in [0.2, 0.25) is 6.43 Å². The Morgan fingerprint density at radius 1 is 1.13 bits per heavy atom. The van der Waals surface area contributed by atoms with Crippen LogP contribution in [0.3, 0.4) is 0 Å². The third-order valence-corrected chi connectivity index (χ3v) is 6.57. The molecule has 0 heterocycles. The van der Waals surface area contributed by atoms with Gasteiger partial charge < -0.3 is 5.11 Å². The maximum absolute atomic E-state index is 13.2. The summed E-state index contributed by atoms with van der Waals surface area (Å²) in [4.78, 5) is 11.2. The van der Waals surface area contributed by atoms with Gasteiger partial charge in [-0.15, -0.1) is 0 Å². The third-order valence-electron chi connectivity index (χ3n) is 6.57. The number of carbonyl (C=O) groups is 1. The Balaban J connectivity index is 1.96. The van der Waals surface area contributed by atoms with Crippen molar-refractivity contribution >= 4 is 5.97 Å². The van der Waals surface area contributed by atoms with E-state index in [0.29, 0.717) is 31.6 Å². The van der Waals surface area contributed by atoms with Crippen molar-refractivity contribution in [1.82, 2.24) is 0 Å². The van der Waals surface area contributed by atoms with Crippen molar-refractivity contribution in [3.63, 3.8) is 0 Å². The van der Waals surface area contributed by atoms with Crippen LogP contribution in [0.5, 0.6) is 0 Å². The lowest BCUT2D eigenvalue weighted by atomic mass is 9.57. The van der Waals surface area contributed by atoms with Gasteiger partial charge in [-0.25, -0.2) is 8.78 Å². The molecule has 0 bridgehead atoms. The second-order valence-electron chi connectivity index (χ2n) is 7.93. The molecule has 4 heteroatoms. The highest BCUT2D eigenvalue weighted by molar-refractivity contribution is 5.70. The Bertz CT molecular complexity index is 368. The Hall–Kier alpha value is -0.670. The maximum Gasteiger partial charge on any atom is 0.306 e. The summed E-state index contributed by atoms with van der Waals surface area (Å²) in [6.45, 7) is 2.21. The topological polar surface area (TPSA) is 37.3 Å². The van der Waals surface area contributed by atoms with Crippen LogP contribution in [0.2, 0.25) is 0 Å². The monoisotopic (exact) mass is 330 g/mol. The standard InChI is InChI=1S/C19H32F2O2/c1-2-3-4-14-5-7-16(8-6-14)19(13-17(20)21)11-9-15(10-12-19)18(22)23/h14-17H,2-13H2,1H3,(H,22,23). The van der Waals surface area contributed by atoms with E-state index in [1.807, 2.05) is 0 Å². The van der Waals surface area contributed by atoms with Crippen LogP contribution in [-0.4, -0.2) is 17.5 Å². The van der Waals surface area contributed by atoms with Gasteiger partial charge in [-0.2, -0.15) is 0 Å². The van der Waals surface area contributed by atoms with Gasteiger partial charge in [-0.1, -0.05) is 39.0 Å². The van der Waals surface area contributed by atoms with Crippen LogP contribution < -0.4 is 0 Å². The zero-order valence-electron chi connectivity index (χ0n) is 14.4. The summed E-state index contributed by atoms with van der Waals surface area (Å²) in [7, 11) is 0. The molecule has 0 atom stereocenters. The molecule has 2 saturated carbocycles. The molecule has 0 spiro atoms. The predicted molar refractivity (Wildman–Crippen MR) is 87.6 cm³/mol. The van der Waals surface area contributed by atoms with E-state index in [4.69, 9.17) is 5.11 Å². The molecule has 0 aliphatic heterocycles. The van der Waals surface area contributed by atoms with E-state index in [2.05, 4.69) is 6.92 Å². The third kappa shape index (κ3) is 4.90. The molecular formula is C19H32F2O2. The van der Waals surface area contributed by atoms with Gasteiger partial charge in [0, 0.05) is 6.42 Å². The number of carboxylic acid groups (broad SMARTS) is 1. The second-order valence-corrected chi connectivity index (χ2v) is 7.93. The van der Waals surface area contributed by atoms with E-state index in [0.717, 1.165) is 18.8 Å². The lowest BCUT2D eigenvalue weighted by Gasteiger charge is -2.47. The van der Waals surface area contributed by atoms with Crippen molar-refractivity contribution < 1.29 is 18.7 Å². The van der Waals surface area contributed by atoms with Crippen LogP contribution in [0.15, 0.2) is 0 Å². The van der Waals surface area contributed by atoms with Crippen LogP contribution in [-0.2, 0) is 4.79 Å². The zero-order chi connectivity index (χ0) is 16.9. The first-order valence-electron chi connectivity index (χ1n) is 9.48. The van der Waals surface area contributed by atoms with Gasteiger partial charge in [-0.3, -0.25) is 4.79 Å². The van der Waals surface area contributed by atoms with E-state index >= 15 is 0 Å². The molecule has 0 unspecified atom stereocenters. The largest absolute Gasteiger partial charge is 0.481 e. The fourth-order valence-corrected chi connectivity index (χ4v) is 5.08. The average Bonchev–Trinajstić information content (AvgIpc) is 2.53. The van der Waals surface area contributed by atoms with Gasteiger partial charge in [0.1, 0.15) is 0 Å². The first-order valence-corrected chi connectivity index (χ1v) is 9.48. The molecule has 2 aliphatic carbocycles. The van der Waals surface area contributed by atoms with E-state index < -0.39 is 12.4 Å². The molecule has 2 fully saturated rings. The smallest absolute Gasteiger partial charge is 0.306 e. The van der Waals surface area contributed by atoms with Crippen molar-refractivity contribution in [2.45, 2.75) is 90.4 Å². The minimum absolute atomic E-state index is 0.0242. The Morgan fingerprint density at radius 3 is 2.22 bits per heavy atom. The predicted octanol–water partition coefficient (Wildman–Crippen LogP) is 5.90. The van der Waals surface area contributed by atoms with Crippen molar-refractivity contribution in [2.75, 3.05) is 0 Å². The van der Waals surface area contributed by atoms with Gasteiger partial charge in [0.25, 0.3) is 0 Å². The molecule has 0 aromatic rings. The number of halogens is 2. The second kappa shape index (κ2) is 8.43. The lowest BCUT2D eigenvalue weighted by molar-refractivity contribution is -0.144. The number of rotatable bonds is 7. The molecule has 0 saturated heterocycles. The summed E-state index contributed by atoms with van der Waals surface area (Å²) >= 11 is 0. The summed E-state index contributed by atoms with van der Waals surface area (Å²) in [6.07, 6.45) is 8.51. The van der Waals surface area contributed by atoms with E-state index in [9.17, 15) is 13.6 Å². The number of alkyl halides is 2. The molecule has 2 nitrogen and oxygen atoms in total. The molecule has 2 aliphatic rings. The number of hydrogen-bond acceptors (Lipinski definition) is 1. The van der Waals surface area contributed by atoms with Crippen LogP contribution in [0.1, 0.15) is 84.0 Å². The summed E-state index contributed by atoms with van der Waals surface area (Å²) in [6, 6.07) is 0. The molecular weight excluding hydrogens is 298 g/mol. The molecule has 0 radical (unpaired) electrons. The number of aliphatic carboxylic acids is 1. The Labute approximate surface area is 139 Å². The fourth-order valence-electron chi connectivity index (χ4n) is 5.08. The highest BCUT2D eigenvalue weighted by atomic mass is 19.3. The summed E-state index contributed by atoms with van der Waals surface area (Å²) in [5.74, 6) is 0.0925. The van der Waals surface area contributed by atoms with Crippen molar-refractivity contribution in [3.8, 4) is 0 Å². The zero-order valence-corrected chi connectivity index (χ0v) is 14.4. The van der Waals surface area contributed by atoms with E-state index in [1.54, 1.807) is 0 Å². The van der Waals surface area contributed by atoms with Crippen molar-refractivity contribution in [2.24, 2.45) is 23.2 Å².